The second-order valence-corrected chi connectivity index (χ2v) is 9.55. The van der Waals surface area contributed by atoms with E-state index in [-0.39, 0.29) is 32.1 Å². The van der Waals surface area contributed by atoms with Gasteiger partial charge in [0.05, 0.1) is 27.2 Å². The van der Waals surface area contributed by atoms with E-state index in [0.717, 1.165) is 22.5 Å². The van der Waals surface area contributed by atoms with Crippen molar-refractivity contribution in [3.63, 3.8) is 0 Å². The Labute approximate surface area is 187 Å². The smallest absolute Gasteiger partial charge is 0.336 e. The maximum Gasteiger partial charge on any atom is 0.417 e. The second kappa shape index (κ2) is 8.38. The first-order valence-corrected chi connectivity index (χ1v) is 11.4. The number of halogens is 4. The number of sulfonamides is 1. The van der Waals surface area contributed by atoms with Crippen molar-refractivity contribution in [2.45, 2.75) is 18.0 Å². The number of rotatable bonds is 3. The zero-order valence-corrected chi connectivity index (χ0v) is 18.3. The average Bonchev–Trinajstić information content (AvgIpc) is 2.77. The van der Waals surface area contributed by atoms with Crippen LogP contribution >= 0.6 is 0 Å². The number of amides is 1. The third-order valence-electron chi connectivity index (χ3n) is 5.54. The number of pyridine rings is 1. The average molecular weight is 481 g/mol. The van der Waals surface area contributed by atoms with E-state index in [1.807, 2.05) is 0 Å². The normalized spacial score (nSPS) is 15.7. The van der Waals surface area contributed by atoms with Crippen LogP contribution in [0.25, 0.3) is 10.9 Å². The van der Waals surface area contributed by atoms with Gasteiger partial charge in [-0.3, -0.25) is 9.78 Å². The Kier molecular flexibility index (Phi) is 5.87. The van der Waals surface area contributed by atoms with Crippen molar-refractivity contribution in [2.24, 2.45) is 0 Å². The van der Waals surface area contributed by atoms with Crippen LogP contribution in [0.2, 0.25) is 0 Å². The number of carbonyl (C=O) groups excluding carboxylic acids is 1. The molecule has 2 heterocycles. The number of nitrogens with zero attached hydrogens (tertiary/aromatic N) is 3. The van der Waals surface area contributed by atoms with Crippen LogP contribution < -0.4 is 0 Å². The van der Waals surface area contributed by atoms with Gasteiger partial charge in [0.15, 0.2) is 0 Å². The highest BCUT2D eigenvalue weighted by Crippen LogP contribution is 2.35. The topological polar surface area (TPSA) is 70.6 Å². The van der Waals surface area contributed by atoms with Crippen LogP contribution in [0, 0.1) is 12.7 Å². The van der Waals surface area contributed by atoms with Gasteiger partial charge in [-0.25, -0.2) is 12.8 Å². The molecule has 1 amide bonds. The zero-order valence-electron chi connectivity index (χ0n) is 17.4. The Balaban J connectivity index is 1.54. The summed E-state index contributed by atoms with van der Waals surface area (Å²) in [6.07, 6.45) is -4.81. The SMILES string of the molecule is Cc1nc2cc(F)ccc2cc1C(=O)N1CCN(S(=O)(=O)c2ccccc2C(F)(F)F)CC1. The molecule has 0 spiro atoms. The summed E-state index contributed by atoms with van der Waals surface area (Å²) >= 11 is 0. The van der Waals surface area contributed by atoms with Gasteiger partial charge in [0, 0.05) is 37.6 Å². The number of aryl methyl sites for hydroxylation is 1. The molecule has 1 fully saturated rings. The van der Waals surface area contributed by atoms with Crippen molar-refractivity contribution in [1.82, 2.24) is 14.2 Å². The van der Waals surface area contributed by atoms with Gasteiger partial charge in [-0.15, -0.1) is 0 Å². The predicted octanol–water partition coefficient (Wildman–Crippen LogP) is 3.85. The molecule has 0 saturated carbocycles. The summed E-state index contributed by atoms with van der Waals surface area (Å²) in [5.74, 6) is -0.822. The van der Waals surface area contributed by atoms with E-state index in [1.54, 1.807) is 13.0 Å². The lowest BCUT2D eigenvalue weighted by atomic mass is 10.1. The quantitative estimate of drug-likeness (QED) is 0.533. The van der Waals surface area contributed by atoms with E-state index in [0.29, 0.717) is 22.2 Å². The Morgan fingerprint density at radius 3 is 2.33 bits per heavy atom. The number of piperazine rings is 1. The Morgan fingerprint density at radius 2 is 1.67 bits per heavy atom. The third kappa shape index (κ3) is 4.42. The highest BCUT2D eigenvalue weighted by Gasteiger charge is 2.39. The Bertz CT molecular complexity index is 1330. The van der Waals surface area contributed by atoms with Gasteiger partial charge in [0.1, 0.15) is 5.82 Å². The van der Waals surface area contributed by atoms with E-state index in [9.17, 15) is 30.8 Å². The number of hydrogen-bond donors (Lipinski definition) is 0. The lowest BCUT2D eigenvalue weighted by Gasteiger charge is -2.34. The Hall–Kier alpha value is -3.05. The molecule has 33 heavy (non-hydrogen) atoms. The molecule has 3 aromatic rings. The molecule has 0 radical (unpaired) electrons. The zero-order chi connectivity index (χ0) is 24.0. The van der Waals surface area contributed by atoms with Crippen molar-refractivity contribution in [1.29, 1.82) is 0 Å². The van der Waals surface area contributed by atoms with Crippen LogP contribution in [0.1, 0.15) is 21.6 Å². The first-order chi connectivity index (χ1) is 15.5. The fourth-order valence-corrected chi connectivity index (χ4v) is 5.45. The van der Waals surface area contributed by atoms with Gasteiger partial charge >= 0.3 is 6.18 Å². The molecule has 4 rings (SSSR count). The molecule has 1 saturated heterocycles. The Morgan fingerprint density at radius 1 is 1.00 bits per heavy atom. The summed E-state index contributed by atoms with van der Waals surface area (Å²) < 4.78 is 80.1. The highest BCUT2D eigenvalue weighted by atomic mass is 32.2. The van der Waals surface area contributed by atoms with Crippen LogP contribution in [-0.4, -0.2) is 54.7 Å². The molecule has 11 heteroatoms. The number of alkyl halides is 3. The monoisotopic (exact) mass is 481 g/mol. The summed E-state index contributed by atoms with van der Waals surface area (Å²) in [4.78, 5) is 17.9. The fourth-order valence-electron chi connectivity index (χ4n) is 3.82. The molecule has 174 valence electrons. The third-order valence-corrected chi connectivity index (χ3v) is 7.49. The fraction of sp³-hybridized carbons (Fsp3) is 0.273. The summed E-state index contributed by atoms with van der Waals surface area (Å²) in [7, 11) is -4.40. The molecule has 2 aromatic carbocycles. The molecule has 6 nitrogen and oxygen atoms in total. The van der Waals surface area contributed by atoms with Crippen molar-refractivity contribution in [2.75, 3.05) is 26.2 Å². The van der Waals surface area contributed by atoms with Crippen LogP contribution in [0.15, 0.2) is 53.4 Å². The van der Waals surface area contributed by atoms with Gasteiger partial charge < -0.3 is 4.90 Å². The van der Waals surface area contributed by atoms with Gasteiger partial charge in [0.25, 0.3) is 5.91 Å². The van der Waals surface area contributed by atoms with Gasteiger partial charge in [-0.05, 0) is 37.3 Å². The van der Waals surface area contributed by atoms with Crippen LogP contribution in [0.5, 0.6) is 0 Å². The number of carbonyl (C=O) groups is 1. The van der Waals surface area contributed by atoms with Crippen LogP contribution in [0.3, 0.4) is 0 Å². The first-order valence-electron chi connectivity index (χ1n) is 10.0. The summed E-state index contributed by atoms with van der Waals surface area (Å²) in [6, 6.07) is 9.67. The van der Waals surface area contributed by atoms with Crippen LogP contribution in [0.4, 0.5) is 17.6 Å². The molecule has 0 N–H and O–H groups in total. The van der Waals surface area contributed by atoms with Crippen molar-refractivity contribution in [3.05, 3.63) is 71.2 Å². The molecule has 1 aromatic heterocycles. The van der Waals surface area contributed by atoms with Crippen molar-refractivity contribution >= 4 is 26.8 Å². The maximum atomic E-state index is 13.4. The molecular weight excluding hydrogens is 462 g/mol. The van der Waals surface area contributed by atoms with Crippen molar-refractivity contribution < 1.29 is 30.8 Å². The number of benzene rings is 2. The van der Waals surface area contributed by atoms with E-state index < -0.39 is 32.5 Å². The minimum absolute atomic E-state index is 0.00709. The molecule has 0 atom stereocenters. The van der Waals surface area contributed by atoms with Gasteiger partial charge in [-0.1, -0.05) is 12.1 Å². The largest absolute Gasteiger partial charge is 0.417 e. The molecule has 0 bridgehead atoms. The summed E-state index contributed by atoms with van der Waals surface area (Å²) in [5, 5.41) is 0.579. The highest BCUT2D eigenvalue weighted by molar-refractivity contribution is 7.89. The lowest BCUT2D eigenvalue weighted by molar-refractivity contribution is -0.139. The number of hydrogen-bond acceptors (Lipinski definition) is 4. The van der Waals surface area contributed by atoms with E-state index in [1.165, 1.54) is 29.2 Å². The van der Waals surface area contributed by atoms with Crippen LogP contribution in [-0.2, 0) is 16.2 Å². The maximum absolute atomic E-state index is 13.4. The van der Waals surface area contributed by atoms with Gasteiger partial charge in [-0.2, -0.15) is 17.5 Å². The molecular formula is C22H19F4N3O3S. The van der Waals surface area contributed by atoms with Gasteiger partial charge in [0.2, 0.25) is 10.0 Å². The summed E-state index contributed by atoms with van der Waals surface area (Å²) in [6.45, 7) is 1.34. The molecule has 0 unspecified atom stereocenters. The standard InChI is InChI=1S/C22H19F4N3O3S/c1-14-17(12-15-6-7-16(23)13-19(15)27-14)21(30)28-8-10-29(11-9-28)33(31,32)20-5-3-2-4-18(20)22(24,25)26/h2-7,12-13H,8-11H2,1H3. The lowest BCUT2D eigenvalue weighted by Crippen LogP contribution is -2.50. The van der Waals surface area contributed by atoms with E-state index in [2.05, 4.69) is 4.98 Å². The van der Waals surface area contributed by atoms with Crippen molar-refractivity contribution in [3.8, 4) is 0 Å². The first kappa shape index (κ1) is 23.1. The second-order valence-electron chi connectivity index (χ2n) is 7.65. The number of aromatic nitrogens is 1. The molecule has 1 aliphatic rings. The molecule has 1 aliphatic heterocycles. The van der Waals surface area contributed by atoms with E-state index in [4.69, 9.17) is 0 Å². The summed E-state index contributed by atoms with van der Waals surface area (Å²) in [5.41, 5.74) is -0.124. The minimum atomic E-state index is -4.81. The number of fused-ring (bicyclic) bond motifs is 1. The molecule has 0 aliphatic carbocycles. The predicted molar refractivity (Wildman–Crippen MR) is 113 cm³/mol. The minimum Gasteiger partial charge on any atom is -0.336 e. The van der Waals surface area contributed by atoms with E-state index >= 15 is 0 Å².